The fourth-order valence-electron chi connectivity index (χ4n) is 3.54. The number of rotatable bonds is 3. The lowest BCUT2D eigenvalue weighted by atomic mass is 9.83. The van der Waals surface area contributed by atoms with E-state index >= 15 is 0 Å². The first kappa shape index (κ1) is 19.6. The van der Waals surface area contributed by atoms with Crippen LogP contribution in [-0.2, 0) is 6.61 Å². The normalized spacial score (nSPS) is 26.4. The zero-order valence-corrected chi connectivity index (χ0v) is 15.6. The highest BCUT2D eigenvalue weighted by Crippen LogP contribution is 2.69. The molecule has 2 aromatic rings. The van der Waals surface area contributed by atoms with Crippen molar-refractivity contribution in [1.82, 2.24) is 4.98 Å². The van der Waals surface area contributed by atoms with Gasteiger partial charge in [-0.2, -0.15) is 26.3 Å². The molecule has 1 aliphatic carbocycles. The largest absolute Gasteiger partial charge is 0.391 e. The molecule has 0 radical (unpaired) electrons. The number of hydrogen-bond donors (Lipinski definition) is 1. The summed E-state index contributed by atoms with van der Waals surface area (Å²) in [7, 11) is 0. The topological polar surface area (TPSA) is 33.1 Å². The maximum Gasteiger partial charge on any atom is 0.373 e. The predicted molar refractivity (Wildman–Crippen MR) is 86.9 cm³/mol. The van der Waals surface area contributed by atoms with Gasteiger partial charge in [-0.1, -0.05) is 0 Å². The van der Waals surface area contributed by atoms with Crippen LogP contribution in [0, 0.1) is 20.8 Å². The molecule has 0 amide bonds. The third-order valence-corrected chi connectivity index (χ3v) is 6.58. The van der Waals surface area contributed by atoms with E-state index in [0.717, 1.165) is 22.7 Å². The van der Waals surface area contributed by atoms with E-state index in [-0.39, 0.29) is 15.3 Å². The molecule has 0 aliphatic heterocycles. The maximum absolute atomic E-state index is 14.6. The standard InChI is InChI=1S/C16H15F6NOS2/c1-6-4-9(10(5-24)25-6)11-12(13-7(2)26-8(3)23-13)15(19,20)16(21,22)14(11,17)18/h4,11-12,24H,5H2,1-3H3. The molecular formula is C16H15F6NOS2. The van der Waals surface area contributed by atoms with Crippen LogP contribution in [-0.4, -0.2) is 27.9 Å². The van der Waals surface area contributed by atoms with Gasteiger partial charge >= 0.3 is 17.8 Å². The fraction of sp³-hybridized carbons (Fsp3) is 0.562. The van der Waals surface area contributed by atoms with Crippen molar-refractivity contribution in [3.05, 3.63) is 37.0 Å². The summed E-state index contributed by atoms with van der Waals surface area (Å²) in [5.41, 5.74) is -0.806. The summed E-state index contributed by atoms with van der Waals surface area (Å²) < 4.78 is 86.8. The van der Waals surface area contributed by atoms with E-state index in [2.05, 4.69) is 4.98 Å². The van der Waals surface area contributed by atoms with Crippen LogP contribution in [0.15, 0.2) is 6.07 Å². The van der Waals surface area contributed by atoms with Gasteiger partial charge < -0.3 is 5.11 Å². The summed E-state index contributed by atoms with van der Waals surface area (Å²) in [6.07, 6.45) is 0. The van der Waals surface area contributed by atoms with Crippen molar-refractivity contribution in [3.63, 3.8) is 0 Å². The Bertz CT molecular complexity index is 844. The molecule has 2 nitrogen and oxygen atoms in total. The minimum Gasteiger partial charge on any atom is -0.391 e. The lowest BCUT2D eigenvalue weighted by Gasteiger charge is -2.25. The maximum atomic E-state index is 14.6. The Morgan fingerprint density at radius 1 is 1.00 bits per heavy atom. The lowest BCUT2D eigenvalue weighted by molar-refractivity contribution is -0.275. The van der Waals surface area contributed by atoms with Gasteiger partial charge in [0.25, 0.3) is 0 Å². The summed E-state index contributed by atoms with van der Waals surface area (Å²) in [5, 5.41) is 9.74. The molecule has 2 heterocycles. The van der Waals surface area contributed by atoms with Crippen molar-refractivity contribution < 1.29 is 31.4 Å². The number of nitrogens with zero attached hydrogens (tertiary/aromatic N) is 1. The first-order valence-electron chi connectivity index (χ1n) is 7.63. The van der Waals surface area contributed by atoms with Gasteiger partial charge in [0.2, 0.25) is 0 Å². The van der Waals surface area contributed by atoms with Gasteiger partial charge in [-0.15, -0.1) is 22.7 Å². The van der Waals surface area contributed by atoms with E-state index < -0.39 is 41.9 Å². The lowest BCUT2D eigenvalue weighted by Crippen LogP contribution is -2.48. The Morgan fingerprint density at radius 2 is 1.58 bits per heavy atom. The second-order valence-corrected chi connectivity index (χ2v) is 9.09. The van der Waals surface area contributed by atoms with Crippen molar-refractivity contribution in [2.24, 2.45) is 0 Å². The van der Waals surface area contributed by atoms with Gasteiger partial charge in [0.05, 0.1) is 29.1 Å². The number of aromatic nitrogens is 1. The molecule has 26 heavy (non-hydrogen) atoms. The van der Waals surface area contributed by atoms with Gasteiger partial charge in [0, 0.05) is 14.6 Å². The second-order valence-electron chi connectivity index (χ2n) is 6.34. The van der Waals surface area contributed by atoms with E-state index in [1.54, 1.807) is 0 Å². The molecule has 1 saturated carbocycles. The Morgan fingerprint density at radius 3 is 2.08 bits per heavy atom. The molecule has 2 atom stereocenters. The van der Waals surface area contributed by atoms with Crippen molar-refractivity contribution >= 4 is 22.7 Å². The number of aliphatic hydroxyl groups is 1. The van der Waals surface area contributed by atoms with E-state index in [9.17, 15) is 31.4 Å². The third kappa shape index (κ3) is 2.45. The number of thiophene rings is 1. The Labute approximate surface area is 153 Å². The fourth-order valence-corrected chi connectivity index (χ4v) is 5.35. The average Bonchev–Trinajstić information content (AvgIpc) is 3.07. The smallest absolute Gasteiger partial charge is 0.373 e. The van der Waals surface area contributed by atoms with E-state index in [0.29, 0.717) is 9.88 Å². The zero-order valence-electron chi connectivity index (χ0n) is 13.9. The molecule has 2 aromatic heterocycles. The van der Waals surface area contributed by atoms with E-state index in [4.69, 9.17) is 0 Å². The molecule has 0 spiro atoms. The van der Waals surface area contributed by atoms with Gasteiger partial charge in [0.1, 0.15) is 0 Å². The molecule has 1 fully saturated rings. The van der Waals surface area contributed by atoms with Crippen LogP contribution in [0.2, 0.25) is 0 Å². The van der Waals surface area contributed by atoms with Crippen LogP contribution in [0.25, 0.3) is 0 Å². The van der Waals surface area contributed by atoms with Crippen LogP contribution in [0.5, 0.6) is 0 Å². The van der Waals surface area contributed by atoms with Crippen molar-refractivity contribution in [2.45, 2.75) is 57.0 Å². The quantitative estimate of drug-likeness (QED) is 0.680. The van der Waals surface area contributed by atoms with Crippen LogP contribution >= 0.6 is 22.7 Å². The van der Waals surface area contributed by atoms with Crippen molar-refractivity contribution in [3.8, 4) is 0 Å². The Balaban J connectivity index is 2.31. The van der Waals surface area contributed by atoms with E-state index in [1.807, 2.05) is 0 Å². The minimum absolute atomic E-state index is 0.0183. The van der Waals surface area contributed by atoms with Gasteiger partial charge in [-0.3, -0.25) is 0 Å². The van der Waals surface area contributed by atoms with Crippen molar-refractivity contribution in [2.75, 3.05) is 0 Å². The summed E-state index contributed by atoms with van der Waals surface area (Å²) in [6, 6.07) is 1.17. The summed E-state index contributed by atoms with van der Waals surface area (Å²) in [4.78, 5) is 4.51. The van der Waals surface area contributed by atoms with Gasteiger partial charge in [-0.05, 0) is 32.4 Å². The predicted octanol–water partition coefficient (Wildman–Crippen LogP) is 5.41. The molecule has 1 N–H and O–H groups in total. The number of halogens is 6. The highest BCUT2D eigenvalue weighted by molar-refractivity contribution is 7.12. The Hall–Kier alpha value is -1.13. The third-order valence-electron chi connectivity index (χ3n) is 4.63. The minimum atomic E-state index is -5.54. The van der Waals surface area contributed by atoms with Crippen LogP contribution in [0.1, 0.15) is 42.7 Å². The number of aryl methyl sites for hydroxylation is 3. The number of aliphatic hydroxyl groups excluding tert-OH is 1. The number of alkyl halides is 6. The first-order chi connectivity index (χ1) is 11.9. The van der Waals surface area contributed by atoms with Crippen LogP contribution in [0.4, 0.5) is 26.3 Å². The monoisotopic (exact) mass is 415 g/mol. The van der Waals surface area contributed by atoms with Gasteiger partial charge in [0.15, 0.2) is 0 Å². The molecule has 3 rings (SSSR count). The van der Waals surface area contributed by atoms with E-state index in [1.165, 1.54) is 26.8 Å². The number of thiazole rings is 1. The first-order valence-corrected chi connectivity index (χ1v) is 9.27. The molecule has 1 aliphatic rings. The molecule has 0 saturated heterocycles. The van der Waals surface area contributed by atoms with Crippen molar-refractivity contribution in [1.29, 1.82) is 0 Å². The molecular weight excluding hydrogens is 400 g/mol. The SMILES string of the molecule is Cc1cc(C2C(c3nc(C)sc3C)C(F)(F)C(F)(F)C2(F)F)c(CO)s1. The molecule has 2 unspecified atom stereocenters. The van der Waals surface area contributed by atoms with Gasteiger partial charge in [-0.25, -0.2) is 4.98 Å². The summed E-state index contributed by atoms with van der Waals surface area (Å²) >= 11 is 1.91. The highest BCUT2D eigenvalue weighted by atomic mass is 32.1. The molecule has 0 aromatic carbocycles. The summed E-state index contributed by atoms with van der Waals surface area (Å²) in [5.74, 6) is -20.5. The highest BCUT2D eigenvalue weighted by Gasteiger charge is 2.85. The number of hydrogen-bond acceptors (Lipinski definition) is 4. The Kier molecular flexibility index (Phi) is 4.48. The zero-order chi connectivity index (χ0) is 19.7. The molecule has 144 valence electrons. The second kappa shape index (κ2) is 5.93. The summed E-state index contributed by atoms with van der Waals surface area (Å²) in [6.45, 7) is 3.73. The average molecular weight is 415 g/mol. The molecule has 0 bridgehead atoms. The molecule has 10 heteroatoms. The van der Waals surface area contributed by atoms with Crippen LogP contribution in [0.3, 0.4) is 0 Å². The van der Waals surface area contributed by atoms with Crippen LogP contribution < -0.4 is 0 Å².